The molecular formula is C23H27N3O6. The number of amides is 3. The van der Waals surface area contributed by atoms with Gasteiger partial charge < -0.3 is 30.1 Å². The maximum atomic E-state index is 12.3. The number of piperidine rings is 1. The van der Waals surface area contributed by atoms with Crippen LogP contribution in [0.2, 0.25) is 0 Å². The molecule has 3 N–H and O–H groups in total. The Bertz CT molecular complexity index is 993. The lowest BCUT2D eigenvalue weighted by Crippen LogP contribution is -2.38. The van der Waals surface area contributed by atoms with Crippen LogP contribution in [0, 0.1) is 0 Å². The average molecular weight is 441 g/mol. The minimum Gasteiger partial charge on any atom is -0.493 e. The average Bonchev–Trinajstić information content (AvgIpc) is 2.82. The van der Waals surface area contributed by atoms with E-state index < -0.39 is 17.9 Å². The van der Waals surface area contributed by atoms with E-state index in [0.717, 1.165) is 12.8 Å². The van der Waals surface area contributed by atoms with Crippen molar-refractivity contribution in [2.24, 2.45) is 0 Å². The third kappa shape index (κ3) is 5.55. The Labute approximate surface area is 186 Å². The summed E-state index contributed by atoms with van der Waals surface area (Å²) in [4.78, 5) is 38.3. The molecule has 1 atom stereocenters. The highest BCUT2D eigenvalue weighted by molar-refractivity contribution is 6.39. The zero-order valence-electron chi connectivity index (χ0n) is 18.1. The molecule has 3 rings (SSSR count). The fourth-order valence-corrected chi connectivity index (χ4v) is 3.47. The summed E-state index contributed by atoms with van der Waals surface area (Å²) in [6.07, 6.45) is 1.26. The number of rotatable bonds is 7. The number of aliphatic hydroxyl groups is 1. The number of nitrogens with zero attached hydrogens (tertiary/aromatic N) is 1. The van der Waals surface area contributed by atoms with Gasteiger partial charge in [0.1, 0.15) is 0 Å². The number of ether oxygens (including phenoxy) is 2. The van der Waals surface area contributed by atoms with E-state index in [4.69, 9.17) is 9.47 Å². The molecule has 2 aromatic rings. The first kappa shape index (κ1) is 23.1. The summed E-state index contributed by atoms with van der Waals surface area (Å²) >= 11 is 0. The molecule has 1 saturated heterocycles. The fourth-order valence-electron chi connectivity index (χ4n) is 3.47. The van der Waals surface area contributed by atoms with Crippen molar-refractivity contribution in [1.29, 1.82) is 0 Å². The van der Waals surface area contributed by atoms with Gasteiger partial charge in [-0.25, -0.2) is 0 Å². The van der Waals surface area contributed by atoms with Gasteiger partial charge in [-0.3, -0.25) is 14.4 Å². The molecule has 170 valence electrons. The van der Waals surface area contributed by atoms with Crippen LogP contribution in [-0.2, 0) is 14.4 Å². The Kier molecular flexibility index (Phi) is 7.67. The summed E-state index contributed by atoms with van der Waals surface area (Å²) in [6, 6.07) is 11.7. The first-order valence-corrected chi connectivity index (χ1v) is 10.3. The lowest BCUT2D eigenvalue weighted by molar-refractivity contribution is -0.136. The zero-order valence-corrected chi connectivity index (χ0v) is 18.1. The topological polar surface area (TPSA) is 117 Å². The largest absolute Gasteiger partial charge is 0.493 e. The second-order valence-corrected chi connectivity index (χ2v) is 7.35. The van der Waals surface area contributed by atoms with Crippen LogP contribution in [0.4, 0.5) is 11.4 Å². The summed E-state index contributed by atoms with van der Waals surface area (Å²) in [6.45, 7) is 0.467. The van der Waals surface area contributed by atoms with Crippen LogP contribution in [0.5, 0.6) is 11.5 Å². The van der Waals surface area contributed by atoms with Crippen molar-refractivity contribution in [2.45, 2.75) is 25.4 Å². The highest BCUT2D eigenvalue weighted by Crippen LogP contribution is 2.29. The Morgan fingerprint density at radius 1 is 1.06 bits per heavy atom. The van der Waals surface area contributed by atoms with Crippen molar-refractivity contribution in [1.82, 2.24) is 5.32 Å². The molecule has 0 aromatic heterocycles. The van der Waals surface area contributed by atoms with Gasteiger partial charge in [-0.15, -0.1) is 0 Å². The van der Waals surface area contributed by atoms with E-state index in [2.05, 4.69) is 10.6 Å². The van der Waals surface area contributed by atoms with Crippen molar-refractivity contribution < 1.29 is 29.0 Å². The molecule has 3 amide bonds. The maximum Gasteiger partial charge on any atom is 0.313 e. The predicted octanol–water partition coefficient (Wildman–Crippen LogP) is 2.01. The van der Waals surface area contributed by atoms with Crippen LogP contribution < -0.4 is 25.0 Å². The number of carbonyl (C=O) groups excluding carboxylic acids is 3. The molecule has 1 aliphatic rings. The number of benzene rings is 2. The monoisotopic (exact) mass is 441 g/mol. The second-order valence-electron chi connectivity index (χ2n) is 7.35. The summed E-state index contributed by atoms with van der Waals surface area (Å²) in [5, 5.41) is 15.3. The molecule has 2 aromatic carbocycles. The Morgan fingerprint density at radius 2 is 1.84 bits per heavy atom. The standard InChI is InChI=1S/C23H27N3O6/c1-31-19-10-9-15(12-20(19)32-2)18(27)14-24-22(29)23(30)25-16-6-5-7-17(13-16)26-11-4-3-8-21(26)28/h5-7,9-10,12-13,18,27H,3-4,8,11,14H2,1-2H3,(H,24,29)(H,25,30). The van der Waals surface area contributed by atoms with Crippen LogP contribution in [-0.4, -0.2) is 50.1 Å². The van der Waals surface area contributed by atoms with E-state index in [0.29, 0.717) is 41.4 Å². The van der Waals surface area contributed by atoms with Crippen molar-refractivity contribution in [3.05, 3.63) is 48.0 Å². The van der Waals surface area contributed by atoms with Crippen molar-refractivity contribution in [2.75, 3.05) is 37.5 Å². The Hall–Kier alpha value is -3.59. The quantitative estimate of drug-likeness (QED) is 0.566. The van der Waals surface area contributed by atoms with Crippen molar-refractivity contribution >= 4 is 29.1 Å². The van der Waals surface area contributed by atoms with Gasteiger partial charge >= 0.3 is 11.8 Å². The molecular weight excluding hydrogens is 414 g/mol. The van der Waals surface area contributed by atoms with Gasteiger partial charge in [-0.05, 0) is 48.7 Å². The predicted molar refractivity (Wildman–Crippen MR) is 119 cm³/mol. The molecule has 0 bridgehead atoms. The van der Waals surface area contributed by atoms with Gasteiger partial charge in [-0.1, -0.05) is 12.1 Å². The van der Waals surface area contributed by atoms with E-state index in [1.165, 1.54) is 14.2 Å². The van der Waals surface area contributed by atoms with Gasteiger partial charge in [-0.2, -0.15) is 0 Å². The molecule has 1 aliphatic heterocycles. The highest BCUT2D eigenvalue weighted by Gasteiger charge is 2.21. The third-order valence-electron chi connectivity index (χ3n) is 5.19. The normalized spacial score (nSPS) is 14.5. The number of methoxy groups -OCH3 is 2. The van der Waals surface area contributed by atoms with Crippen LogP contribution in [0.25, 0.3) is 0 Å². The Balaban J connectivity index is 1.57. The molecule has 32 heavy (non-hydrogen) atoms. The molecule has 1 fully saturated rings. The van der Waals surface area contributed by atoms with Gasteiger partial charge in [0.05, 0.1) is 20.3 Å². The first-order valence-electron chi connectivity index (χ1n) is 10.3. The number of anilines is 2. The van der Waals surface area contributed by atoms with E-state index in [-0.39, 0.29) is 12.5 Å². The van der Waals surface area contributed by atoms with Crippen LogP contribution in [0.15, 0.2) is 42.5 Å². The summed E-state index contributed by atoms with van der Waals surface area (Å²) in [7, 11) is 2.99. The first-order chi connectivity index (χ1) is 15.4. The van der Waals surface area contributed by atoms with Crippen LogP contribution in [0.3, 0.4) is 0 Å². The highest BCUT2D eigenvalue weighted by atomic mass is 16.5. The number of carbonyl (C=O) groups is 3. The second kappa shape index (κ2) is 10.6. The molecule has 1 heterocycles. The molecule has 0 saturated carbocycles. The zero-order chi connectivity index (χ0) is 23.1. The molecule has 0 aliphatic carbocycles. The lowest BCUT2D eigenvalue weighted by Gasteiger charge is -2.27. The summed E-state index contributed by atoms with van der Waals surface area (Å²) in [5.74, 6) is -0.752. The number of hydrogen-bond acceptors (Lipinski definition) is 6. The van der Waals surface area contributed by atoms with Crippen molar-refractivity contribution in [3.8, 4) is 11.5 Å². The van der Waals surface area contributed by atoms with E-state index in [1.807, 2.05) is 0 Å². The van der Waals surface area contributed by atoms with E-state index in [9.17, 15) is 19.5 Å². The summed E-state index contributed by atoms with van der Waals surface area (Å²) < 4.78 is 10.4. The minimum absolute atomic E-state index is 0.0432. The molecule has 0 spiro atoms. The van der Waals surface area contributed by atoms with Gasteiger partial charge in [0, 0.05) is 30.9 Å². The smallest absolute Gasteiger partial charge is 0.313 e. The number of aliphatic hydroxyl groups excluding tert-OH is 1. The molecule has 9 heteroatoms. The van der Waals surface area contributed by atoms with E-state index >= 15 is 0 Å². The fraction of sp³-hybridized carbons (Fsp3) is 0.348. The minimum atomic E-state index is -1.04. The van der Waals surface area contributed by atoms with Crippen molar-refractivity contribution in [3.63, 3.8) is 0 Å². The number of hydrogen-bond donors (Lipinski definition) is 3. The SMILES string of the molecule is COc1ccc(C(O)CNC(=O)C(=O)Nc2cccc(N3CCCCC3=O)c2)cc1OC. The third-order valence-corrected chi connectivity index (χ3v) is 5.19. The van der Waals surface area contributed by atoms with Gasteiger partial charge in [0.15, 0.2) is 11.5 Å². The van der Waals surface area contributed by atoms with Crippen LogP contribution >= 0.6 is 0 Å². The molecule has 9 nitrogen and oxygen atoms in total. The molecule has 1 unspecified atom stereocenters. The molecule has 0 radical (unpaired) electrons. The number of nitrogens with one attached hydrogen (secondary N) is 2. The summed E-state index contributed by atoms with van der Waals surface area (Å²) in [5.41, 5.74) is 1.58. The Morgan fingerprint density at radius 3 is 2.56 bits per heavy atom. The van der Waals surface area contributed by atoms with Crippen LogP contribution in [0.1, 0.15) is 30.9 Å². The van der Waals surface area contributed by atoms with Gasteiger partial charge in [0.2, 0.25) is 5.91 Å². The van der Waals surface area contributed by atoms with Gasteiger partial charge in [0.25, 0.3) is 0 Å². The maximum absolute atomic E-state index is 12.3. The van der Waals surface area contributed by atoms with E-state index in [1.54, 1.807) is 47.4 Å². The lowest BCUT2D eigenvalue weighted by atomic mass is 10.1.